The first-order chi connectivity index (χ1) is 12.2. The maximum absolute atomic E-state index is 13.0. The van der Waals surface area contributed by atoms with E-state index in [9.17, 15) is 19.2 Å². The lowest BCUT2D eigenvalue weighted by Gasteiger charge is -2.16. The van der Waals surface area contributed by atoms with Crippen LogP contribution in [-0.4, -0.2) is 59.6 Å². The molecule has 0 spiro atoms. The van der Waals surface area contributed by atoms with Gasteiger partial charge in [0.05, 0.1) is 0 Å². The number of rotatable bonds is 4. The summed E-state index contributed by atoms with van der Waals surface area (Å²) in [4.78, 5) is 50.7. The third-order valence-electron chi connectivity index (χ3n) is 5.01. The first-order valence-corrected chi connectivity index (χ1v) is 8.49. The molecule has 1 aromatic rings. The van der Waals surface area contributed by atoms with Gasteiger partial charge in [-0.1, -0.05) is 24.3 Å². The van der Waals surface area contributed by atoms with E-state index < -0.39 is 23.4 Å². The van der Waals surface area contributed by atoms with Crippen LogP contribution in [0.4, 0.5) is 0 Å². The van der Waals surface area contributed by atoms with Crippen molar-refractivity contribution in [1.82, 2.24) is 20.9 Å². The summed E-state index contributed by atoms with van der Waals surface area (Å²) in [5, 5.41) is 2.58. The third-order valence-corrected chi connectivity index (χ3v) is 5.01. The molecular formula is C18H22N4O4. The summed E-state index contributed by atoms with van der Waals surface area (Å²) in [5.74, 6) is -3.30. The molecule has 138 valence electrons. The normalized spacial score (nSPS) is 28.8. The van der Waals surface area contributed by atoms with Crippen LogP contribution < -0.4 is 10.9 Å². The summed E-state index contributed by atoms with van der Waals surface area (Å²) in [7, 11) is 3.12. The minimum absolute atomic E-state index is 0.175. The molecule has 2 aliphatic heterocycles. The molecule has 8 nitrogen and oxygen atoms in total. The van der Waals surface area contributed by atoms with Crippen molar-refractivity contribution in [3.8, 4) is 0 Å². The van der Waals surface area contributed by atoms with Crippen LogP contribution in [0.2, 0.25) is 0 Å². The molecule has 2 N–H and O–H groups in total. The Labute approximate surface area is 151 Å². The van der Waals surface area contributed by atoms with Gasteiger partial charge in [-0.15, -0.1) is 0 Å². The van der Waals surface area contributed by atoms with Crippen molar-refractivity contribution in [3.05, 3.63) is 35.4 Å². The second-order valence-electron chi connectivity index (χ2n) is 6.86. The van der Waals surface area contributed by atoms with Crippen LogP contribution in [0.3, 0.4) is 0 Å². The Bertz CT molecular complexity index is 728. The minimum atomic E-state index is -0.897. The van der Waals surface area contributed by atoms with Crippen LogP contribution in [0.5, 0.6) is 0 Å². The quantitative estimate of drug-likeness (QED) is 0.581. The van der Waals surface area contributed by atoms with Crippen LogP contribution in [0.15, 0.2) is 24.3 Å². The smallest absolute Gasteiger partial charge is 0.249 e. The van der Waals surface area contributed by atoms with Crippen molar-refractivity contribution in [2.75, 3.05) is 14.1 Å². The molecule has 4 atom stereocenters. The van der Waals surface area contributed by atoms with Gasteiger partial charge in [-0.2, -0.15) is 0 Å². The Morgan fingerprint density at radius 2 is 1.15 bits per heavy atom. The van der Waals surface area contributed by atoms with E-state index >= 15 is 0 Å². The van der Waals surface area contributed by atoms with Gasteiger partial charge in [-0.3, -0.25) is 29.2 Å². The molecule has 2 aliphatic rings. The molecule has 2 amide bonds. The average molecular weight is 358 g/mol. The molecule has 2 saturated heterocycles. The second kappa shape index (κ2) is 6.62. The van der Waals surface area contributed by atoms with Crippen LogP contribution in [0.1, 0.15) is 34.6 Å². The summed E-state index contributed by atoms with van der Waals surface area (Å²) in [6, 6.07) is 5.63. The monoisotopic (exact) mass is 358 g/mol. The minimum Gasteiger partial charge on any atom is -0.293 e. The lowest BCUT2D eigenvalue weighted by molar-refractivity contribution is -0.130. The van der Waals surface area contributed by atoms with E-state index in [0.717, 1.165) is 0 Å². The molecule has 0 aliphatic carbocycles. The fourth-order valence-electron chi connectivity index (χ4n) is 3.66. The topological polar surface area (TPSA) is 98.8 Å². The molecule has 1 aromatic carbocycles. The van der Waals surface area contributed by atoms with E-state index in [1.54, 1.807) is 40.1 Å². The maximum Gasteiger partial charge on any atom is 0.249 e. The lowest BCUT2D eigenvalue weighted by atomic mass is 9.85. The highest BCUT2D eigenvalue weighted by Crippen LogP contribution is 2.26. The summed E-state index contributed by atoms with van der Waals surface area (Å²) in [5.41, 5.74) is 6.15. The molecule has 0 bridgehead atoms. The Morgan fingerprint density at radius 1 is 0.808 bits per heavy atom. The van der Waals surface area contributed by atoms with Crippen molar-refractivity contribution in [2.45, 2.75) is 25.9 Å². The summed E-state index contributed by atoms with van der Waals surface area (Å²) in [6.07, 6.45) is 0. The number of hydrazine groups is 2. The van der Waals surface area contributed by atoms with E-state index in [4.69, 9.17) is 0 Å². The van der Waals surface area contributed by atoms with Crippen molar-refractivity contribution < 1.29 is 19.2 Å². The maximum atomic E-state index is 13.0. The van der Waals surface area contributed by atoms with Crippen LogP contribution in [0, 0.1) is 11.8 Å². The Balaban J connectivity index is 1.97. The van der Waals surface area contributed by atoms with Gasteiger partial charge in [0, 0.05) is 37.3 Å². The van der Waals surface area contributed by atoms with E-state index in [1.165, 1.54) is 22.2 Å². The number of nitrogens with one attached hydrogen (secondary N) is 2. The molecular weight excluding hydrogens is 336 g/mol. The lowest BCUT2D eigenvalue weighted by Crippen LogP contribution is -2.34. The highest BCUT2D eigenvalue weighted by Gasteiger charge is 2.45. The molecule has 2 heterocycles. The van der Waals surface area contributed by atoms with Gasteiger partial charge < -0.3 is 0 Å². The number of hydrogen-bond donors (Lipinski definition) is 2. The predicted octanol–water partition coefficient (Wildman–Crippen LogP) is 0.0146. The predicted molar refractivity (Wildman–Crippen MR) is 92.8 cm³/mol. The highest BCUT2D eigenvalue weighted by atomic mass is 16.2. The summed E-state index contributed by atoms with van der Waals surface area (Å²) in [6.45, 7) is 3.49. The number of nitrogens with zero attached hydrogens (tertiary/aromatic N) is 2. The van der Waals surface area contributed by atoms with Crippen LogP contribution in [0.25, 0.3) is 0 Å². The average Bonchev–Trinajstić information content (AvgIpc) is 3.00. The number of hydrogen-bond acceptors (Lipinski definition) is 6. The molecule has 4 unspecified atom stereocenters. The number of Topliss-reactive ketones (excluding diaryl/α,β-unsaturated/α-hetero) is 2. The van der Waals surface area contributed by atoms with E-state index in [-0.39, 0.29) is 35.0 Å². The zero-order valence-corrected chi connectivity index (χ0v) is 15.1. The third kappa shape index (κ3) is 2.81. The molecule has 8 heteroatoms. The van der Waals surface area contributed by atoms with Gasteiger partial charge in [0.15, 0.2) is 11.6 Å². The van der Waals surface area contributed by atoms with Crippen molar-refractivity contribution in [3.63, 3.8) is 0 Å². The van der Waals surface area contributed by atoms with Gasteiger partial charge in [0.25, 0.3) is 0 Å². The second-order valence-corrected chi connectivity index (χ2v) is 6.86. The van der Waals surface area contributed by atoms with Gasteiger partial charge in [-0.25, -0.2) is 10.9 Å². The molecule has 0 saturated carbocycles. The van der Waals surface area contributed by atoms with Crippen molar-refractivity contribution in [2.24, 2.45) is 11.8 Å². The van der Waals surface area contributed by atoms with Gasteiger partial charge in [-0.05, 0) is 13.8 Å². The van der Waals surface area contributed by atoms with Crippen LogP contribution >= 0.6 is 0 Å². The fraction of sp³-hybridized carbons (Fsp3) is 0.444. The van der Waals surface area contributed by atoms with Gasteiger partial charge >= 0.3 is 0 Å². The van der Waals surface area contributed by atoms with E-state index in [2.05, 4.69) is 10.9 Å². The number of benzene rings is 1. The first-order valence-electron chi connectivity index (χ1n) is 8.49. The number of ketones is 2. The van der Waals surface area contributed by atoms with E-state index in [1.807, 2.05) is 0 Å². The van der Waals surface area contributed by atoms with Gasteiger partial charge in [0.2, 0.25) is 11.8 Å². The first kappa shape index (κ1) is 18.2. The Kier molecular flexibility index (Phi) is 4.64. The molecule has 2 fully saturated rings. The summed E-state index contributed by atoms with van der Waals surface area (Å²) >= 11 is 0. The molecule has 26 heavy (non-hydrogen) atoms. The van der Waals surface area contributed by atoms with Gasteiger partial charge in [0.1, 0.15) is 11.8 Å². The number of carbonyl (C=O) groups excluding carboxylic acids is 4. The zero-order valence-electron chi connectivity index (χ0n) is 15.1. The number of carbonyl (C=O) groups is 4. The number of amides is 2. The zero-order chi connectivity index (χ0) is 19.2. The van der Waals surface area contributed by atoms with E-state index in [0.29, 0.717) is 0 Å². The molecule has 0 radical (unpaired) electrons. The Hall–Kier alpha value is -2.58. The van der Waals surface area contributed by atoms with Crippen LogP contribution in [-0.2, 0) is 9.59 Å². The summed E-state index contributed by atoms with van der Waals surface area (Å²) < 4.78 is 0. The fourth-order valence-corrected chi connectivity index (χ4v) is 3.66. The standard InChI is InChI=1S/C18H22N4O4/c1-9-13(17(25)21(3)19-9)15(23)11-7-5-6-8-12(11)16(24)14-10(2)20-22(4)18(14)26/h5-10,13-14,19-20H,1-4H3. The SMILES string of the molecule is CC1NN(C)C(=O)C1C(=O)c1ccccc1C(=O)C1C(=O)N(C)NC1C. The van der Waals surface area contributed by atoms with Crippen molar-refractivity contribution >= 4 is 23.4 Å². The highest BCUT2D eigenvalue weighted by molar-refractivity contribution is 6.19. The largest absolute Gasteiger partial charge is 0.293 e. The molecule has 3 rings (SSSR count). The molecule has 0 aromatic heterocycles. The van der Waals surface area contributed by atoms with Crippen molar-refractivity contribution in [1.29, 1.82) is 0 Å². The Morgan fingerprint density at radius 3 is 1.42 bits per heavy atom.